The molecule has 8 heteroatoms. The van der Waals surface area contributed by atoms with E-state index >= 15 is 0 Å². The maximum Gasteiger partial charge on any atom is 0.318 e. The van der Waals surface area contributed by atoms with Gasteiger partial charge in [0.05, 0.1) is 13.2 Å². The van der Waals surface area contributed by atoms with Crippen molar-refractivity contribution < 1.29 is 19.1 Å². The maximum absolute atomic E-state index is 13.7. The highest BCUT2D eigenvalue weighted by molar-refractivity contribution is 6.35. The molecule has 1 aliphatic carbocycles. The average Bonchev–Trinajstić information content (AvgIpc) is 2.78. The fourth-order valence-corrected chi connectivity index (χ4v) is 5.35. The van der Waals surface area contributed by atoms with Crippen LogP contribution in [-0.2, 0) is 25.7 Å². The van der Waals surface area contributed by atoms with Crippen molar-refractivity contribution in [3.63, 3.8) is 0 Å². The number of nitrogens with one attached hydrogen (secondary N) is 1. The van der Waals surface area contributed by atoms with Gasteiger partial charge in [0.25, 0.3) is 0 Å². The number of allylic oxidation sites excluding steroid dienone is 1. The van der Waals surface area contributed by atoms with Gasteiger partial charge in [0.2, 0.25) is 11.8 Å². The molecule has 0 unspecified atom stereocenters. The minimum atomic E-state index is -0.941. The van der Waals surface area contributed by atoms with Crippen LogP contribution in [-0.4, -0.2) is 35.8 Å². The number of esters is 1. The molecule has 1 N–H and O–H groups in total. The Morgan fingerprint density at radius 3 is 2.74 bits per heavy atom. The van der Waals surface area contributed by atoms with Crippen LogP contribution in [0.1, 0.15) is 64.9 Å². The summed E-state index contributed by atoms with van der Waals surface area (Å²) in [6, 6.07) is 5.15. The fraction of sp³-hybridized carbons (Fsp3) is 0.577. The van der Waals surface area contributed by atoms with E-state index < -0.39 is 11.3 Å². The Morgan fingerprint density at radius 1 is 1.29 bits per heavy atom. The number of hydrogen-bond donors (Lipinski definition) is 1. The van der Waals surface area contributed by atoms with Gasteiger partial charge in [-0.05, 0) is 62.6 Å². The van der Waals surface area contributed by atoms with Crippen molar-refractivity contribution >= 4 is 41.0 Å². The molecule has 1 fully saturated rings. The summed E-state index contributed by atoms with van der Waals surface area (Å²) in [5.41, 5.74) is 0.458. The SMILES string of the molecule is CCOC(=O)[C@]12CCCC=C1N(Cc1ccc(Cl)cc1Cl)C(=O)[C@H](CC(=O)NCCC(C)C)C2. The number of hydrogen-bond acceptors (Lipinski definition) is 4. The smallest absolute Gasteiger partial charge is 0.318 e. The molecular weight excluding hydrogens is 475 g/mol. The Kier molecular flexibility index (Phi) is 9.05. The number of rotatable bonds is 9. The minimum Gasteiger partial charge on any atom is -0.465 e. The van der Waals surface area contributed by atoms with Gasteiger partial charge < -0.3 is 15.0 Å². The van der Waals surface area contributed by atoms with Gasteiger partial charge >= 0.3 is 5.97 Å². The van der Waals surface area contributed by atoms with Crippen LogP contribution >= 0.6 is 23.2 Å². The third-order valence-corrected chi connectivity index (χ3v) is 7.21. The number of amides is 2. The highest BCUT2D eigenvalue weighted by Crippen LogP contribution is 2.50. The zero-order chi connectivity index (χ0) is 24.9. The first-order valence-corrected chi connectivity index (χ1v) is 12.8. The van der Waals surface area contributed by atoms with E-state index in [1.807, 2.05) is 6.08 Å². The van der Waals surface area contributed by atoms with Crippen LogP contribution in [0.4, 0.5) is 0 Å². The standard InChI is InChI=1S/C26H34Cl2N2O4/c1-4-34-25(33)26-11-6-5-7-22(26)30(16-18-8-9-20(27)14-21(18)28)24(32)19(15-26)13-23(31)29-12-10-17(2)3/h7-9,14,17,19H,4-6,10-13,15-16H2,1-3H3,(H,29,31)/t19-,26+/m1/s1. The molecule has 1 aromatic rings. The van der Waals surface area contributed by atoms with Crippen molar-refractivity contribution in [2.45, 2.75) is 65.8 Å². The molecule has 186 valence electrons. The van der Waals surface area contributed by atoms with E-state index in [9.17, 15) is 14.4 Å². The first-order chi connectivity index (χ1) is 16.2. The average molecular weight is 509 g/mol. The van der Waals surface area contributed by atoms with E-state index in [0.29, 0.717) is 34.6 Å². The normalized spacial score (nSPS) is 22.3. The molecule has 2 atom stereocenters. The van der Waals surface area contributed by atoms with Crippen LogP contribution in [0.25, 0.3) is 0 Å². The Labute approximate surface area is 212 Å². The van der Waals surface area contributed by atoms with Crippen LogP contribution in [0.2, 0.25) is 10.0 Å². The van der Waals surface area contributed by atoms with E-state index in [-0.39, 0.29) is 43.8 Å². The lowest BCUT2D eigenvalue weighted by Crippen LogP contribution is -2.54. The number of carbonyl (C=O) groups excluding carboxylic acids is 3. The number of halogens is 2. The van der Waals surface area contributed by atoms with Crippen molar-refractivity contribution in [2.24, 2.45) is 17.3 Å². The van der Waals surface area contributed by atoms with E-state index in [1.165, 1.54) is 0 Å². The molecule has 1 heterocycles. The quantitative estimate of drug-likeness (QED) is 0.446. The van der Waals surface area contributed by atoms with Gasteiger partial charge in [-0.25, -0.2) is 0 Å². The van der Waals surface area contributed by atoms with Crippen LogP contribution in [0.5, 0.6) is 0 Å². The lowest BCUT2D eigenvalue weighted by atomic mass is 9.66. The van der Waals surface area contributed by atoms with E-state index in [0.717, 1.165) is 24.8 Å². The summed E-state index contributed by atoms with van der Waals surface area (Å²) in [6.45, 7) is 6.99. The first kappa shape index (κ1) is 26.6. The van der Waals surface area contributed by atoms with Gasteiger partial charge in [-0.2, -0.15) is 0 Å². The summed E-state index contributed by atoms with van der Waals surface area (Å²) in [5.74, 6) is -0.822. The van der Waals surface area contributed by atoms with Gasteiger partial charge in [0.1, 0.15) is 5.41 Å². The van der Waals surface area contributed by atoms with Crippen LogP contribution in [0, 0.1) is 17.3 Å². The zero-order valence-electron chi connectivity index (χ0n) is 20.2. The van der Waals surface area contributed by atoms with Crippen LogP contribution in [0.15, 0.2) is 30.0 Å². The summed E-state index contributed by atoms with van der Waals surface area (Å²) in [4.78, 5) is 41.3. The Hall–Kier alpha value is -2.05. The number of ether oxygens (including phenoxy) is 1. The first-order valence-electron chi connectivity index (χ1n) is 12.1. The molecule has 0 radical (unpaired) electrons. The molecule has 3 rings (SSSR count). The van der Waals surface area contributed by atoms with E-state index in [4.69, 9.17) is 27.9 Å². The summed E-state index contributed by atoms with van der Waals surface area (Å²) < 4.78 is 5.50. The van der Waals surface area contributed by atoms with E-state index in [1.54, 1.807) is 30.0 Å². The Balaban J connectivity index is 1.93. The van der Waals surface area contributed by atoms with Crippen LogP contribution in [0.3, 0.4) is 0 Å². The molecule has 2 amide bonds. The summed E-state index contributed by atoms with van der Waals surface area (Å²) >= 11 is 12.5. The van der Waals surface area contributed by atoms with Gasteiger partial charge in [-0.3, -0.25) is 14.4 Å². The predicted octanol–water partition coefficient (Wildman–Crippen LogP) is 5.51. The van der Waals surface area contributed by atoms with Crippen molar-refractivity contribution in [1.29, 1.82) is 0 Å². The lowest BCUT2D eigenvalue weighted by Gasteiger charge is -2.48. The Morgan fingerprint density at radius 2 is 2.06 bits per heavy atom. The van der Waals surface area contributed by atoms with Crippen molar-refractivity contribution in [3.8, 4) is 0 Å². The van der Waals surface area contributed by atoms with Gasteiger partial charge in [-0.15, -0.1) is 0 Å². The van der Waals surface area contributed by atoms with Crippen LogP contribution < -0.4 is 5.32 Å². The molecule has 1 saturated heterocycles. The summed E-state index contributed by atoms with van der Waals surface area (Å²) in [6.07, 6.45) is 5.33. The molecule has 1 aromatic carbocycles. The fourth-order valence-electron chi connectivity index (χ4n) is 4.89. The minimum absolute atomic E-state index is 0.0379. The second kappa shape index (κ2) is 11.6. The van der Waals surface area contributed by atoms with Gasteiger partial charge in [0.15, 0.2) is 0 Å². The zero-order valence-corrected chi connectivity index (χ0v) is 21.7. The van der Waals surface area contributed by atoms with Crippen molar-refractivity contribution in [3.05, 3.63) is 45.6 Å². The predicted molar refractivity (Wildman–Crippen MR) is 133 cm³/mol. The summed E-state index contributed by atoms with van der Waals surface area (Å²) in [5, 5.41) is 3.88. The maximum atomic E-state index is 13.7. The number of benzene rings is 1. The third-order valence-electron chi connectivity index (χ3n) is 6.62. The van der Waals surface area contributed by atoms with Crippen molar-refractivity contribution in [1.82, 2.24) is 10.2 Å². The van der Waals surface area contributed by atoms with Crippen molar-refractivity contribution in [2.75, 3.05) is 13.2 Å². The molecule has 0 aromatic heterocycles. The molecule has 0 bridgehead atoms. The second-order valence-electron chi connectivity index (χ2n) is 9.58. The largest absolute Gasteiger partial charge is 0.465 e. The highest BCUT2D eigenvalue weighted by Gasteiger charge is 2.54. The van der Waals surface area contributed by atoms with Gasteiger partial charge in [0, 0.05) is 34.6 Å². The van der Waals surface area contributed by atoms with E-state index in [2.05, 4.69) is 19.2 Å². The molecule has 6 nitrogen and oxygen atoms in total. The third kappa shape index (κ3) is 5.95. The lowest BCUT2D eigenvalue weighted by molar-refractivity contribution is -0.162. The molecule has 0 spiro atoms. The number of likely N-dealkylation sites (tertiary alicyclic amines) is 1. The second-order valence-corrected chi connectivity index (χ2v) is 10.4. The monoisotopic (exact) mass is 508 g/mol. The number of piperidine rings is 1. The topological polar surface area (TPSA) is 75.7 Å². The molecule has 0 saturated carbocycles. The number of carbonyl (C=O) groups is 3. The molecule has 1 aliphatic heterocycles. The van der Waals surface area contributed by atoms with Gasteiger partial charge in [-0.1, -0.05) is 49.2 Å². The number of nitrogens with zero attached hydrogens (tertiary/aromatic N) is 1. The number of fused-ring (bicyclic) bond motifs is 1. The molecular formula is C26H34Cl2N2O4. The molecule has 2 aliphatic rings. The highest BCUT2D eigenvalue weighted by atomic mass is 35.5. The Bertz CT molecular complexity index is 962. The molecule has 34 heavy (non-hydrogen) atoms. The summed E-state index contributed by atoms with van der Waals surface area (Å²) in [7, 11) is 0.